The normalized spacial score (nSPS) is 11.9. The molecule has 198 valence electrons. The third-order valence-electron chi connectivity index (χ3n) is 8.24. The number of nitrogens with zero attached hydrogens (tertiary/aromatic N) is 1. The average molecular weight is 601 g/mol. The number of hydrogen-bond acceptors (Lipinski definition) is 1. The second kappa shape index (κ2) is 10.2. The molecular weight excluding hydrogens is 574 g/mol. The number of rotatable bonds is 4. The molecule has 0 radical (unpaired) electrons. The Morgan fingerprint density at radius 3 is 1.79 bits per heavy atom. The Bertz CT molecular complexity index is 2090. The van der Waals surface area contributed by atoms with Gasteiger partial charge in [-0.3, -0.25) is 0 Å². The molecule has 0 aromatic heterocycles. The van der Waals surface area contributed by atoms with Gasteiger partial charge >= 0.3 is 0 Å². The van der Waals surface area contributed by atoms with Crippen LogP contribution in [0.5, 0.6) is 0 Å². The van der Waals surface area contributed by atoms with E-state index in [0.717, 1.165) is 10.2 Å². The van der Waals surface area contributed by atoms with Crippen molar-refractivity contribution in [3.05, 3.63) is 162 Å². The summed E-state index contributed by atoms with van der Waals surface area (Å²) in [4.78, 5) is 2.43. The van der Waals surface area contributed by atoms with Crippen LogP contribution in [0.25, 0.3) is 55.3 Å². The fourth-order valence-electron chi connectivity index (χ4n) is 6.24. The first kappa shape index (κ1) is 24.8. The lowest BCUT2D eigenvalue weighted by Crippen LogP contribution is -2.15. The summed E-state index contributed by atoms with van der Waals surface area (Å²) >= 11 is 3.56. The van der Waals surface area contributed by atoms with Crippen molar-refractivity contribution < 1.29 is 0 Å². The molecule has 0 atom stereocenters. The van der Waals surface area contributed by atoms with Gasteiger partial charge in [-0.25, -0.2) is 0 Å². The Morgan fingerprint density at radius 1 is 0.381 bits per heavy atom. The van der Waals surface area contributed by atoms with E-state index in [1.807, 2.05) is 0 Å². The molecule has 42 heavy (non-hydrogen) atoms. The van der Waals surface area contributed by atoms with Gasteiger partial charge in [0, 0.05) is 21.1 Å². The predicted molar refractivity (Wildman–Crippen MR) is 182 cm³/mol. The molecule has 0 fully saturated rings. The van der Waals surface area contributed by atoms with Crippen molar-refractivity contribution in [2.45, 2.75) is 0 Å². The average Bonchev–Trinajstić information content (AvgIpc) is 3.06. The molecule has 1 nitrogen and oxygen atoms in total. The minimum atomic E-state index is 1.09. The molecule has 8 rings (SSSR count). The molecule has 0 saturated carbocycles. The standard InChI is InChI=1S/C40H26BrN/c41-34-21-18-28(19-22-34)30-12-4-13-31(24-30)33-20-23-38-37(26-33)36-16-6-10-29-11-7-17-39(40(29)36)42(38)35-15-5-14-32(25-35)27-8-2-1-3-9-27/h1-26H. The zero-order chi connectivity index (χ0) is 28.0. The van der Waals surface area contributed by atoms with Crippen molar-refractivity contribution in [1.29, 1.82) is 0 Å². The summed E-state index contributed by atoms with van der Waals surface area (Å²) in [7, 11) is 0. The van der Waals surface area contributed by atoms with E-state index in [2.05, 4.69) is 179 Å². The van der Waals surface area contributed by atoms with E-state index in [9.17, 15) is 0 Å². The second-order valence-corrected chi connectivity index (χ2v) is 11.7. The largest absolute Gasteiger partial charge is 0.309 e. The fourth-order valence-corrected chi connectivity index (χ4v) is 6.51. The van der Waals surface area contributed by atoms with Gasteiger partial charge in [0.2, 0.25) is 0 Å². The Balaban J connectivity index is 1.31. The van der Waals surface area contributed by atoms with E-state index < -0.39 is 0 Å². The fraction of sp³-hybridized carbons (Fsp3) is 0. The van der Waals surface area contributed by atoms with Crippen molar-refractivity contribution in [2.24, 2.45) is 0 Å². The Kier molecular flexibility index (Phi) is 6.01. The summed E-state index contributed by atoms with van der Waals surface area (Å²) in [5.41, 5.74) is 13.4. The van der Waals surface area contributed by atoms with Gasteiger partial charge in [-0.15, -0.1) is 0 Å². The number of anilines is 3. The summed E-state index contributed by atoms with van der Waals surface area (Å²) in [6, 6.07) is 57.1. The SMILES string of the molecule is Brc1ccc(-c2cccc(-c3ccc4c(c3)-c3cccc5cccc(c35)N4c3cccc(-c4ccccc4)c3)c2)cc1. The quantitative estimate of drug-likeness (QED) is 0.194. The van der Waals surface area contributed by atoms with Crippen LogP contribution in [0.4, 0.5) is 17.1 Å². The van der Waals surface area contributed by atoms with Crippen LogP contribution in [-0.2, 0) is 0 Å². The molecule has 7 aromatic rings. The smallest absolute Gasteiger partial charge is 0.0546 e. The highest BCUT2D eigenvalue weighted by Crippen LogP contribution is 2.52. The van der Waals surface area contributed by atoms with Crippen molar-refractivity contribution >= 4 is 43.8 Å². The molecule has 0 unspecified atom stereocenters. The van der Waals surface area contributed by atoms with Gasteiger partial charge in [-0.05, 0) is 92.9 Å². The molecule has 0 aliphatic carbocycles. The molecule has 0 saturated heterocycles. The summed E-state index contributed by atoms with van der Waals surface area (Å²) in [5, 5.41) is 2.54. The maximum Gasteiger partial charge on any atom is 0.0546 e. The van der Waals surface area contributed by atoms with Crippen molar-refractivity contribution in [2.75, 3.05) is 4.90 Å². The van der Waals surface area contributed by atoms with Crippen LogP contribution in [-0.4, -0.2) is 0 Å². The van der Waals surface area contributed by atoms with E-state index in [1.165, 1.54) is 66.7 Å². The van der Waals surface area contributed by atoms with E-state index in [-0.39, 0.29) is 0 Å². The van der Waals surface area contributed by atoms with Gasteiger partial charge in [0.25, 0.3) is 0 Å². The van der Waals surface area contributed by atoms with Gasteiger partial charge < -0.3 is 4.90 Å². The lowest BCUT2D eigenvalue weighted by molar-refractivity contribution is 1.28. The third kappa shape index (κ3) is 4.24. The van der Waals surface area contributed by atoms with Crippen LogP contribution < -0.4 is 4.90 Å². The lowest BCUT2D eigenvalue weighted by Gasteiger charge is -2.34. The number of hydrogen-bond donors (Lipinski definition) is 0. The van der Waals surface area contributed by atoms with Crippen LogP contribution in [0.2, 0.25) is 0 Å². The highest BCUT2D eigenvalue weighted by Gasteiger charge is 2.26. The molecule has 0 spiro atoms. The molecule has 1 heterocycles. The highest BCUT2D eigenvalue weighted by molar-refractivity contribution is 9.10. The minimum absolute atomic E-state index is 1.09. The predicted octanol–water partition coefficient (Wildman–Crippen LogP) is 12.1. The van der Waals surface area contributed by atoms with Crippen LogP contribution in [0.3, 0.4) is 0 Å². The molecule has 1 aliphatic heterocycles. The summed E-state index contributed by atoms with van der Waals surface area (Å²) in [6.07, 6.45) is 0. The Hall–Kier alpha value is -4.92. The first-order valence-corrected chi connectivity index (χ1v) is 15.0. The molecule has 1 aliphatic rings. The van der Waals surface area contributed by atoms with Crippen LogP contribution in [0.15, 0.2) is 162 Å². The van der Waals surface area contributed by atoms with E-state index >= 15 is 0 Å². The van der Waals surface area contributed by atoms with Gasteiger partial charge in [0.15, 0.2) is 0 Å². The first-order valence-electron chi connectivity index (χ1n) is 14.2. The summed E-state index contributed by atoms with van der Waals surface area (Å²) < 4.78 is 1.09. The van der Waals surface area contributed by atoms with Crippen molar-refractivity contribution in [1.82, 2.24) is 0 Å². The molecule has 0 amide bonds. The second-order valence-electron chi connectivity index (χ2n) is 10.8. The van der Waals surface area contributed by atoms with Crippen LogP contribution >= 0.6 is 15.9 Å². The molecule has 0 bridgehead atoms. The molecule has 0 N–H and O–H groups in total. The molecule has 2 heteroatoms. The first-order chi connectivity index (χ1) is 20.7. The minimum Gasteiger partial charge on any atom is -0.309 e. The Morgan fingerprint density at radius 2 is 0.976 bits per heavy atom. The number of halogens is 1. The Labute approximate surface area is 254 Å². The highest BCUT2D eigenvalue weighted by atomic mass is 79.9. The van der Waals surface area contributed by atoms with Gasteiger partial charge in [-0.2, -0.15) is 0 Å². The van der Waals surface area contributed by atoms with Crippen LogP contribution in [0, 0.1) is 0 Å². The zero-order valence-electron chi connectivity index (χ0n) is 22.8. The lowest BCUT2D eigenvalue weighted by atomic mass is 9.88. The maximum absolute atomic E-state index is 3.56. The third-order valence-corrected chi connectivity index (χ3v) is 8.76. The van der Waals surface area contributed by atoms with E-state index in [4.69, 9.17) is 0 Å². The van der Waals surface area contributed by atoms with Gasteiger partial charge in [-0.1, -0.05) is 125 Å². The van der Waals surface area contributed by atoms with E-state index in [0.29, 0.717) is 0 Å². The van der Waals surface area contributed by atoms with Crippen LogP contribution in [0.1, 0.15) is 0 Å². The van der Waals surface area contributed by atoms with Gasteiger partial charge in [0.1, 0.15) is 0 Å². The summed E-state index contributed by atoms with van der Waals surface area (Å²) in [6.45, 7) is 0. The van der Waals surface area contributed by atoms with Crippen molar-refractivity contribution in [3.8, 4) is 44.5 Å². The topological polar surface area (TPSA) is 3.24 Å². The number of benzene rings is 7. The molecular formula is C40H26BrN. The van der Waals surface area contributed by atoms with Gasteiger partial charge in [0.05, 0.1) is 11.4 Å². The monoisotopic (exact) mass is 599 g/mol. The zero-order valence-corrected chi connectivity index (χ0v) is 24.4. The summed E-state index contributed by atoms with van der Waals surface area (Å²) in [5.74, 6) is 0. The van der Waals surface area contributed by atoms with E-state index in [1.54, 1.807) is 0 Å². The number of fused-ring (bicyclic) bond motifs is 2. The maximum atomic E-state index is 3.56. The molecule has 7 aromatic carbocycles. The van der Waals surface area contributed by atoms with Crippen molar-refractivity contribution in [3.63, 3.8) is 0 Å².